The fourth-order valence-electron chi connectivity index (χ4n) is 2.96. The van der Waals surface area contributed by atoms with Crippen LogP contribution in [-0.2, 0) is 16.1 Å². The van der Waals surface area contributed by atoms with Crippen molar-refractivity contribution in [1.82, 2.24) is 20.3 Å². The van der Waals surface area contributed by atoms with Crippen LogP contribution >= 0.6 is 0 Å². The molecule has 1 aliphatic rings. The Balaban J connectivity index is 1.39. The Hall–Kier alpha value is -3.59. The lowest BCUT2D eigenvalue weighted by Gasteiger charge is -2.26. The van der Waals surface area contributed by atoms with Crippen molar-refractivity contribution in [2.24, 2.45) is 0 Å². The van der Waals surface area contributed by atoms with Gasteiger partial charge in [0.05, 0.1) is 25.0 Å². The molecule has 0 atom stereocenters. The van der Waals surface area contributed by atoms with E-state index in [4.69, 9.17) is 4.74 Å². The van der Waals surface area contributed by atoms with Crippen LogP contribution in [0.3, 0.4) is 0 Å². The predicted octanol–water partition coefficient (Wildman–Crippen LogP) is 1.70. The highest BCUT2D eigenvalue weighted by Gasteiger charge is 2.20. The summed E-state index contributed by atoms with van der Waals surface area (Å²) in [5.41, 5.74) is 2.52. The standard InChI is InChI=1S/C20H18FN5O3/c21-15-3-1-14(2-4-15)20(28)22-11-16-12-26(24-23-16)18-7-5-17(6-8-18)25-9-10-29-13-19(25)27/h1-8,12H,9-11,13H2,(H,22,28). The molecule has 1 saturated heterocycles. The van der Waals surface area contributed by atoms with E-state index in [0.29, 0.717) is 24.4 Å². The first kappa shape index (κ1) is 18.8. The SMILES string of the molecule is O=C(NCc1cn(-c2ccc(N3CCOCC3=O)cc2)nn1)c1ccc(F)cc1. The van der Waals surface area contributed by atoms with Crippen LogP contribution in [0.25, 0.3) is 5.69 Å². The average Bonchev–Trinajstić information content (AvgIpc) is 3.22. The molecule has 3 aromatic rings. The third-order valence-corrected chi connectivity index (χ3v) is 4.49. The Bertz CT molecular complexity index is 1020. The zero-order valence-electron chi connectivity index (χ0n) is 15.4. The maximum atomic E-state index is 12.9. The topological polar surface area (TPSA) is 89.4 Å². The van der Waals surface area contributed by atoms with Gasteiger partial charge in [0.1, 0.15) is 18.1 Å². The van der Waals surface area contributed by atoms with Gasteiger partial charge in [-0.1, -0.05) is 5.21 Å². The van der Waals surface area contributed by atoms with Crippen LogP contribution in [0.4, 0.5) is 10.1 Å². The number of carbonyl (C=O) groups is 2. The lowest BCUT2D eigenvalue weighted by molar-refractivity contribution is -0.125. The largest absolute Gasteiger partial charge is 0.370 e. The number of carbonyl (C=O) groups excluding carboxylic acids is 2. The van der Waals surface area contributed by atoms with Gasteiger partial charge in [-0.25, -0.2) is 9.07 Å². The van der Waals surface area contributed by atoms with Crippen molar-refractivity contribution >= 4 is 17.5 Å². The molecule has 0 unspecified atom stereocenters. The first-order chi connectivity index (χ1) is 14.1. The Kier molecular flexibility index (Phi) is 5.30. The minimum atomic E-state index is -0.395. The van der Waals surface area contributed by atoms with Crippen LogP contribution in [-0.4, -0.2) is 46.6 Å². The van der Waals surface area contributed by atoms with Crippen molar-refractivity contribution in [2.75, 3.05) is 24.7 Å². The molecule has 29 heavy (non-hydrogen) atoms. The average molecular weight is 395 g/mol. The van der Waals surface area contributed by atoms with E-state index < -0.39 is 5.82 Å². The molecule has 1 N–H and O–H groups in total. The van der Waals surface area contributed by atoms with E-state index in [-0.39, 0.29) is 25.0 Å². The van der Waals surface area contributed by atoms with Gasteiger partial charge in [0.2, 0.25) is 0 Å². The molecular formula is C20H18FN5O3. The Morgan fingerprint density at radius 2 is 1.83 bits per heavy atom. The van der Waals surface area contributed by atoms with E-state index in [1.54, 1.807) is 15.8 Å². The van der Waals surface area contributed by atoms with Gasteiger partial charge < -0.3 is 15.0 Å². The summed E-state index contributed by atoms with van der Waals surface area (Å²) in [4.78, 5) is 25.7. The third kappa shape index (κ3) is 4.30. The van der Waals surface area contributed by atoms with Gasteiger partial charge in [-0.2, -0.15) is 0 Å². The first-order valence-corrected chi connectivity index (χ1v) is 9.04. The number of hydrogen-bond acceptors (Lipinski definition) is 5. The minimum absolute atomic E-state index is 0.0658. The van der Waals surface area contributed by atoms with E-state index in [0.717, 1.165) is 11.4 Å². The molecule has 148 valence electrons. The number of aromatic nitrogens is 3. The van der Waals surface area contributed by atoms with Gasteiger partial charge in [0.25, 0.3) is 11.8 Å². The Labute approximate surface area is 165 Å². The highest BCUT2D eigenvalue weighted by atomic mass is 19.1. The van der Waals surface area contributed by atoms with Crippen LogP contribution in [0.5, 0.6) is 0 Å². The van der Waals surface area contributed by atoms with Gasteiger partial charge in [0.15, 0.2) is 0 Å². The van der Waals surface area contributed by atoms with E-state index in [2.05, 4.69) is 15.6 Å². The van der Waals surface area contributed by atoms with Crippen molar-refractivity contribution in [1.29, 1.82) is 0 Å². The summed E-state index contributed by atoms with van der Waals surface area (Å²) in [5.74, 6) is -0.781. The minimum Gasteiger partial charge on any atom is -0.370 e. The number of rotatable bonds is 5. The molecule has 9 heteroatoms. The third-order valence-electron chi connectivity index (χ3n) is 4.49. The fourth-order valence-corrected chi connectivity index (χ4v) is 2.96. The zero-order chi connectivity index (χ0) is 20.2. The predicted molar refractivity (Wildman–Crippen MR) is 102 cm³/mol. The summed E-state index contributed by atoms with van der Waals surface area (Å²) in [6.45, 7) is 1.33. The van der Waals surface area contributed by atoms with Gasteiger partial charge in [-0.3, -0.25) is 9.59 Å². The number of nitrogens with zero attached hydrogens (tertiary/aromatic N) is 4. The number of nitrogens with one attached hydrogen (secondary N) is 1. The van der Waals surface area contributed by atoms with Crippen molar-refractivity contribution in [3.63, 3.8) is 0 Å². The van der Waals surface area contributed by atoms with E-state index in [9.17, 15) is 14.0 Å². The number of hydrogen-bond donors (Lipinski definition) is 1. The molecule has 2 heterocycles. The summed E-state index contributed by atoms with van der Waals surface area (Å²) in [5, 5.41) is 10.8. The lowest BCUT2D eigenvalue weighted by atomic mass is 10.2. The molecule has 0 spiro atoms. The maximum absolute atomic E-state index is 12.9. The number of halogens is 1. The summed E-state index contributed by atoms with van der Waals surface area (Å²) < 4.78 is 19.7. The monoisotopic (exact) mass is 395 g/mol. The molecule has 0 saturated carbocycles. The molecule has 2 aromatic carbocycles. The number of morpholine rings is 1. The van der Waals surface area contributed by atoms with Crippen LogP contribution in [0, 0.1) is 5.82 Å². The van der Waals surface area contributed by atoms with E-state index in [1.807, 2.05) is 24.3 Å². The normalized spacial score (nSPS) is 14.1. The van der Waals surface area contributed by atoms with Crippen LogP contribution < -0.4 is 10.2 Å². The van der Waals surface area contributed by atoms with Gasteiger partial charge >= 0.3 is 0 Å². The van der Waals surface area contributed by atoms with Crippen LogP contribution in [0.15, 0.2) is 54.7 Å². The summed E-state index contributed by atoms with van der Waals surface area (Å²) in [7, 11) is 0. The molecule has 2 amide bonds. The molecule has 8 nitrogen and oxygen atoms in total. The number of anilines is 1. The van der Waals surface area contributed by atoms with Crippen LogP contribution in [0.2, 0.25) is 0 Å². The zero-order valence-corrected chi connectivity index (χ0v) is 15.4. The fraction of sp³-hybridized carbons (Fsp3) is 0.200. The molecule has 0 radical (unpaired) electrons. The molecule has 1 aliphatic heterocycles. The first-order valence-electron chi connectivity index (χ1n) is 9.04. The molecule has 1 fully saturated rings. The Morgan fingerprint density at radius 3 is 2.55 bits per heavy atom. The van der Waals surface area contributed by atoms with Gasteiger partial charge in [-0.05, 0) is 48.5 Å². The molecule has 4 rings (SSSR count). The molecule has 1 aromatic heterocycles. The highest BCUT2D eigenvalue weighted by molar-refractivity contribution is 5.95. The van der Waals surface area contributed by atoms with Crippen molar-refractivity contribution in [2.45, 2.75) is 6.54 Å². The smallest absolute Gasteiger partial charge is 0.253 e. The highest BCUT2D eigenvalue weighted by Crippen LogP contribution is 2.19. The molecule has 0 bridgehead atoms. The molecule has 0 aliphatic carbocycles. The lowest BCUT2D eigenvalue weighted by Crippen LogP contribution is -2.41. The van der Waals surface area contributed by atoms with E-state index in [1.165, 1.54) is 24.3 Å². The summed E-state index contributed by atoms with van der Waals surface area (Å²) >= 11 is 0. The second kappa shape index (κ2) is 8.19. The number of benzene rings is 2. The summed E-state index contributed by atoms with van der Waals surface area (Å²) in [6, 6.07) is 12.7. The number of amides is 2. The Morgan fingerprint density at radius 1 is 1.10 bits per heavy atom. The number of ether oxygens (including phenoxy) is 1. The van der Waals surface area contributed by atoms with Gasteiger partial charge in [0, 0.05) is 17.8 Å². The van der Waals surface area contributed by atoms with E-state index >= 15 is 0 Å². The van der Waals surface area contributed by atoms with Gasteiger partial charge in [-0.15, -0.1) is 5.10 Å². The molecular weight excluding hydrogens is 377 g/mol. The van der Waals surface area contributed by atoms with Crippen LogP contribution in [0.1, 0.15) is 16.1 Å². The maximum Gasteiger partial charge on any atom is 0.253 e. The van der Waals surface area contributed by atoms with Crippen molar-refractivity contribution in [3.05, 3.63) is 71.8 Å². The van der Waals surface area contributed by atoms with Crippen molar-refractivity contribution in [3.8, 4) is 5.69 Å². The quantitative estimate of drug-likeness (QED) is 0.710. The second-order valence-corrected chi connectivity index (χ2v) is 6.46. The second-order valence-electron chi connectivity index (χ2n) is 6.46. The van der Waals surface area contributed by atoms with Crippen molar-refractivity contribution < 1.29 is 18.7 Å². The summed E-state index contributed by atoms with van der Waals surface area (Å²) in [6.07, 6.45) is 1.71.